The summed E-state index contributed by atoms with van der Waals surface area (Å²) in [6.45, 7) is 5.69. The van der Waals surface area contributed by atoms with E-state index in [1.165, 1.54) is 0 Å². The van der Waals surface area contributed by atoms with Gasteiger partial charge in [0.2, 0.25) is 0 Å². The molecule has 7 nitrogen and oxygen atoms in total. The van der Waals surface area contributed by atoms with E-state index in [1.807, 2.05) is 127 Å². The van der Waals surface area contributed by atoms with Crippen molar-refractivity contribution in [1.82, 2.24) is 0 Å². The molecule has 4 aromatic carbocycles. The van der Waals surface area contributed by atoms with Gasteiger partial charge in [-0.25, -0.2) is 0 Å². The Kier molecular flexibility index (Phi) is 11.4. The Balaban J connectivity index is 1.30. The molecule has 240 valence electrons. The van der Waals surface area contributed by atoms with Crippen molar-refractivity contribution >= 4 is 0 Å². The third kappa shape index (κ3) is 8.18. The van der Waals surface area contributed by atoms with Crippen LogP contribution >= 0.6 is 0 Å². The molecule has 0 radical (unpaired) electrons. The highest BCUT2D eigenvalue weighted by atomic mass is 16.9. The van der Waals surface area contributed by atoms with Gasteiger partial charge in [0.25, 0.3) is 0 Å². The second-order valence-electron chi connectivity index (χ2n) is 11.5. The van der Waals surface area contributed by atoms with Crippen LogP contribution in [0, 0.1) is 0 Å². The molecule has 0 saturated carbocycles. The molecule has 0 bridgehead atoms. The molecule has 6 atom stereocenters. The minimum atomic E-state index is -1.48. The largest absolute Gasteiger partial charge is 0.374 e. The number of hydrogen-bond acceptors (Lipinski definition) is 7. The summed E-state index contributed by atoms with van der Waals surface area (Å²) in [4.78, 5) is 0. The summed E-state index contributed by atoms with van der Waals surface area (Å²) >= 11 is 0. The third-order valence-electron chi connectivity index (χ3n) is 8.09. The van der Waals surface area contributed by atoms with Crippen LogP contribution in [-0.4, -0.2) is 43.9 Å². The van der Waals surface area contributed by atoms with Crippen LogP contribution in [0.15, 0.2) is 134 Å². The molecule has 2 aliphatic heterocycles. The number of rotatable bonds is 16. The van der Waals surface area contributed by atoms with Crippen molar-refractivity contribution in [3.63, 3.8) is 0 Å². The average molecular weight is 623 g/mol. The molecule has 4 aromatic rings. The van der Waals surface area contributed by atoms with Crippen LogP contribution in [0.3, 0.4) is 0 Å². The van der Waals surface area contributed by atoms with Gasteiger partial charge in [0.05, 0.1) is 33.0 Å². The number of allylic oxidation sites excluding steroid dienone is 1. The molecule has 2 saturated heterocycles. The zero-order valence-corrected chi connectivity index (χ0v) is 26.0. The number of hydrogen-bond donors (Lipinski definition) is 0. The van der Waals surface area contributed by atoms with Crippen LogP contribution in [0.5, 0.6) is 0 Å². The predicted octanol–water partition coefficient (Wildman–Crippen LogP) is 7.31. The van der Waals surface area contributed by atoms with Gasteiger partial charge >= 0.3 is 5.97 Å². The Morgan fingerprint density at radius 1 is 0.652 bits per heavy atom. The standard InChI is InChI=1S/C39H42O7/c1-2-3-16-25-43-39(33-23-14-7-15-24-33)45-37-36(42-28-32-21-12-6-13-22-32)35(41-27-31-19-10-5-11-20-31)34(44-38(37)46-39)29-40-26-30-17-8-4-9-18-30/h2,4-15,17-24,34-38H,1,3,16,25-29H2/t34?,35-,36-,37?,38+,39?/m0/s1. The zero-order valence-electron chi connectivity index (χ0n) is 26.0. The Hall–Kier alpha value is -3.66. The van der Waals surface area contributed by atoms with Crippen LogP contribution in [0.4, 0.5) is 0 Å². The molecular weight excluding hydrogens is 580 g/mol. The number of unbranched alkanes of at least 4 members (excludes halogenated alkanes) is 1. The Morgan fingerprint density at radius 3 is 1.78 bits per heavy atom. The molecule has 2 fully saturated rings. The van der Waals surface area contributed by atoms with Crippen LogP contribution in [0.1, 0.15) is 35.1 Å². The van der Waals surface area contributed by atoms with Gasteiger partial charge < -0.3 is 28.4 Å². The maximum Gasteiger partial charge on any atom is 0.314 e. The lowest BCUT2D eigenvalue weighted by Crippen LogP contribution is -2.59. The summed E-state index contributed by atoms with van der Waals surface area (Å²) in [7, 11) is 0. The van der Waals surface area contributed by atoms with E-state index >= 15 is 0 Å². The minimum absolute atomic E-state index is 0.269. The van der Waals surface area contributed by atoms with Crippen LogP contribution < -0.4 is 0 Å². The van der Waals surface area contributed by atoms with Gasteiger partial charge in [-0.3, -0.25) is 4.74 Å². The van der Waals surface area contributed by atoms with Crippen molar-refractivity contribution in [3.05, 3.63) is 156 Å². The maximum absolute atomic E-state index is 6.78. The highest BCUT2D eigenvalue weighted by Crippen LogP contribution is 2.45. The van der Waals surface area contributed by atoms with Gasteiger partial charge in [0.1, 0.15) is 24.4 Å². The van der Waals surface area contributed by atoms with Gasteiger partial charge in [-0.05, 0) is 29.5 Å². The van der Waals surface area contributed by atoms with E-state index in [1.54, 1.807) is 0 Å². The molecule has 0 N–H and O–H groups in total. The molecular formula is C39H42O7. The van der Waals surface area contributed by atoms with Crippen LogP contribution in [0.2, 0.25) is 0 Å². The Bertz CT molecular complexity index is 1450. The molecule has 7 heteroatoms. The first-order valence-electron chi connectivity index (χ1n) is 16.0. The first kappa shape index (κ1) is 32.3. The molecule has 2 heterocycles. The van der Waals surface area contributed by atoms with E-state index in [4.69, 9.17) is 33.2 Å². The summed E-state index contributed by atoms with van der Waals surface area (Å²) < 4.78 is 46.1. The average Bonchev–Trinajstić information content (AvgIpc) is 3.49. The summed E-state index contributed by atoms with van der Waals surface area (Å²) in [6, 6.07) is 39.9. The van der Waals surface area contributed by atoms with E-state index in [0.29, 0.717) is 26.4 Å². The summed E-state index contributed by atoms with van der Waals surface area (Å²) in [5.74, 6) is -1.48. The highest BCUT2D eigenvalue weighted by Gasteiger charge is 2.60. The minimum Gasteiger partial charge on any atom is -0.374 e. The van der Waals surface area contributed by atoms with Crippen molar-refractivity contribution in [1.29, 1.82) is 0 Å². The molecule has 0 aliphatic carbocycles. The maximum atomic E-state index is 6.78. The lowest BCUT2D eigenvalue weighted by atomic mass is 9.98. The van der Waals surface area contributed by atoms with E-state index in [9.17, 15) is 0 Å². The highest BCUT2D eigenvalue weighted by molar-refractivity contribution is 5.20. The van der Waals surface area contributed by atoms with Crippen LogP contribution in [0.25, 0.3) is 0 Å². The Labute approximate surface area is 271 Å². The van der Waals surface area contributed by atoms with Crippen molar-refractivity contribution in [2.24, 2.45) is 0 Å². The Morgan fingerprint density at radius 2 is 1.20 bits per heavy atom. The van der Waals surface area contributed by atoms with Gasteiger partial charge in [-0.1, -0.05) is 127 Å². The van der Waals surface area contributed by atoms with Crippen molar-refractivity contribution < 1.29 is 33.2 Å². The van der Waals surface area contributed by atoms with Crippen molar-refractivity contribution in [2.75, 3.05) is 13.2 Å². The molecule has 0 aromatic heterocycles. The van der Waals surface area contributed by atoms with Gasteiger partial charge in [0.15, 0.2) is 6.29 Å². The topological polar surface area (TPSA) is 64.6 Å². The number of fused-ring (bicyclic) bond motifs is 1. The molecule has 3 unspecified atom stereocenters. The second-order valence-corrected chi connectivity index (χ2v) is 11.5. The molecule has 46 heavy (non-hydrogen) atoms. The molecule has 0 amide bonds. The van der Waals surface area contributed by atoms with Crippen molar-refractivity contribution in [2.45, 2.75) is 69.3 Å². The molecule has 0 spiro atoms. The smallest absolute Gasteiger partial charge is 0.314 e. The predicted molar refractivity (Wildman–Crippen MR) is 174 cm³/mol. The number of benzene rings is 4. The third-order valence-corrected chi connectivity index (χ3v) is 8.09. The SMILES string of the molecule is C=CCCCOC1(c2ccccc2)OC2[C@H](OC(COCc3ccccc3)[C@H](OCc3ccccc3)[C@@H]2OCc2ccccc2)O1. The molecule has 6 rings (SSSR count). The summed E-state index contributed by atoms with van der Waals surface area (Å²) in [5, 5.41) is 0. The fourth-order valence-electron chi connectivity index (χ4n) is 5.75. The van der Waals surface area contributed by atoms with Gasteiger partial charge in [-0.2, -0.15) is 0 Å². The first-order chi connectivity index (χ1) is 22.7. The van der Waals surface area contributed by atoms with Gasteiger partial charge in [0, 0.05) is 5.56 Å². The van der Waals surface area contributed by atoms with E-state index in [0.717, 1.165) is 35.1 Å². The van der Waals surface area contributed by atoms with Crippen molar-refractivity contribution in [3.8, 4) is 0 Å². The fourth-order valence-corrected chi connectivity index (χ4v) is 5.75. The lowest BCUT2D eigenvalue weighted by molar-refractivity contribution is -0.367. The van der Waals surface area contributed by atoms with E-state index in [2.05, 4.69) is 6.58 Å². The lowest BCUT2D eigenvalue weighted by Gasteiger charge is -2.42. The summed E-state index contributed by atoms with van der Waals surface area (Å²) in [5.41, 5.74) is 3.90. The second kappa shape index (κ2) is 16.3. The first-order valence-corrected chi connectivity index (χ1v) is 16.0. The molecule has 2 aliphatic rings. The normalized spacial score (nSPS) is 25.6. The summed E-state index contributed by atoms with van der Waals surface area (Å²) in [6.07, 6.45) is 0.426. The quantitative estimate of drug-likeness (QED) is 0.0959. The fraction of sp³-hybridized carbons (Fsp3) is 0.333. The van der Waals surface area contributed by atoms with Crippen LogP contribution in [-0.2, 0) is 59.0 Å². The van der Waals surface area contributed by atoms with Gasteiger partial charge in [-0.15, -0.1) is 6.58 Å². The van der Waals surface area contributed by atoms with E-state index in [-0.39, 0.29) is 6.61 Å². The monoisotopic (exact) mass is 622 g/mol. The number of ether oxygens (including phenoxy) is 7. The van der Waals surface area contributed by atoms with E-state index < -0.39 is 36.7 Å². The zero-order chi connectivity index (χ0) is 31.4.